The fourth-order valence-electron chi connectivity index (χ4n) is 3.57. The highest BCUT2D eigenvalue weighted by Gasteiger charge is 2.16. The van der Waals surface area contributed by atoms with Crippen LogP contribution >= 0.6 is 0 Å². The molecule has 2 rings (SSSR count). The molecule has 0 amide bonds. The molecule has 0 aliphatic carbocycles. The van der Waals surface area contributed by atoms with E-state index in [9.17, 15) is 14.4 Å². The summed E-state index contributed by atoms with van der Waals surface area (Å²) in [5.41, 5.74) is 1.07. The molecule has 0 N–H and O–H groups in total. The van der Waals surface area contributed by atoms with Crippen LogP contribution in [0.3, 0.4) is 0 Å². The van der Waals surface area contributed by atoms with Gasteiger partial charge in [-0.15, -0.1) is 13.2 Å². The van der Waals surface area contributed by atoms with Crippen molar-refractivity contribution in [3.8, 4) is 5.75 Å². The van der Waals surface area contributed by atoms with Gasteiger partial charge in [-0.25, -0.2) is 28.1 Å². The van der Waals surface area contributed by atoms with E-state index < -0.39 is 17.1 Å². The topological polar surface area (TPSA) is 75.2 Å². The smallest absolute Gasteiger partial charge is 0.336 e. The lowest BCUT2D eigenvalue weighted by Gasteiger charge is -2.18. The quantitative estimate of drug-likeness (QED) is 0.260. The highest BCUT2D eigenvalue weighted by molar-refractivity contribution is 5.27. The fraction of sp³-hybridized carbons (Fsp3) is 0.658. The molecule has 0 fully saturated rings. The van der Waals surface area contributed by atoms with Crippen LogP contribution < -0.4 is 21.8 Å². The summed E-state index contributed by atoms with van der Waals surface area (Å²) < 4.78 is 8.27. The molecule has 7 heteroatoms. The number of benzene rings is 1. The number of rotatable bonds is 9. The van der Waals surface area contributed by atoms with Crippen molar-refractivity contribution < 1.29 is 4.74 Å². The standard InChI is InChI=1S/C16H25N3O3.C12H18O.2C5H12/c1-6-10-17-13(20)18(11-7-2)15(22)19(14(17)21)12-8-9-16(3,4)5;1-12(2,3)9-10-5-7-11(13-4)8-6-10;2*1-5(2,3)4/h6-7H,1-2,8-12H2,3-5H3;5-8H,9H2,1-4H3;2*1-4H3. The Morgan fingerprint density at radius 2 is 0.978 bits per heavy atom. The summed E-state index contributed by atoms with van der Waals surface area (Å²) in [4.78, 5) is 36.9. The van der Waals surface area contributed by atoms with E-state index in [0.717, 1.165) is 32.3 Å². The monoisotopic (exact) mass is 630 g/mol. The highest BCUT2D eigenvalue weighted by Crippen LogP contribution is 2.22. The predicted molar refractivity (Wildman–Crippen MR) is 195 cm³/mol. The molecule has 0 unspecified atom stereocenters. The van der Waals surface area contributed by atoms with Crippen LogP contribution in [0.5, 0.6) is 5.75 Å². The van der Waals surface area contributed by atoms with Crippen LogP contribution in [0.4, 0.5) is 0 Å². The molecule has 1 aromatic carbocycles. The predicted octanol–water partition coefficient (Wildman–Crippen LogP) is 8.76. The van der Waals surface area contributed by atoms with Gasteiger partial charge in [-0.3, -0.25) is 0 Å². The van der Waals surface area contributed by atoms with Crippen LogP contribution in [0.25, 0.3) is 0 Å². The van der Waals surface area contributed by atoms with Crippen LogP contribution in [-0.2, 0) is 26.1 Å². The van der Waals surface area contributed by atoms with E-state index in [4.69, 9.17) is 4.74 Å². The van der Waals surface area contributed by atoms with E-state index in [1.54, 1.807) is 7.11 Å². The van der Waals surface area contributed by atoms with Crippen LogP contribution in [0.2, 0.25) is 0 Å². The van der Waals surface area contributed by atoms with Crippen molar-refractivity contribution in [3.05, 3.63) is 86.6 Å². The Morgan fingerprint density at radius 3 is 1.27 bits per heavy atom. The Bertz CT molecular complexity index is 1240. The lowest BCUT2D eigenvalue weighted by Crippen LogP contribution is -2.54. The van der Waals surface area contributed by atoms with Crippen molar-refractivity contribution in [2.45, 2.75) is 136 Å². The fourth-order valence-corrected chi connectivity index (χ4v) is 3.57. The largest absolute Gasteiger partial charge is 0.497 e. The first-order chi connectivity index (χ1) is 20.2. The van der Waals surface area contributed by atoms with Crippen molar-refractivity contribution >= 4 is 0 Å². The average Bonchev–Trinajstić information content (AvgIpc) is 2.84. The second-order valence-electron chi connectivity index (χ2n) is 17.0. The third-order valence-corrected chi connectivity index (χ3v) is 5.21. The molecule has 2 aromatic rings. The van der Waals surface area contributed by atoms with Crippen LogP contribution in [0, 0.1) is 21.7 Å². The zero-order chi connectivity index (χ0) is 35.8. The molecule has 1 aromatic heterocycles. The number of nitrogens with zero attached hydrogens (tertiary/aromatic N) is 3. The Labute approximate surface area is 275 Å². The summed E-state index contributed by atoms with van der Waals surface area (Å²) in [5.74, 6) is 0.928. The molecule has 0 atom stereocenters. The van der Waals surface area contributed by atoms with Gasteiger partial charge in [0.2, 0.25) is 0 Å². The van der Waals surface area contributed by atoms with Gasteiger partial charge in [-0.1, -0.05) is 121 Å². The van der Waals surface area contributed by atoms with Gasteiger partial charge in [-0.2, -0.15) is 0 Å². The summed E-state index contributed by atoms with van der Waals surface area (Å²) in [6, 6.07) is 8.29. The summed E-state index contributed by atoms with van der Waals surface area (Å²) in [5, 5.41) is 0. The SMILES string of the molecule is C=CCn1c(=O)n(CC=C)c(=O)n(CCCC(C)(C)C)c1=O.CC(C)(C)C.CC(C)(C)C.COc1ccc(CC(C)(C)C)cc1. The van der Waals surface area contributed by atoms with Crippen LogP contribution in [0.15, 0.2) is 64.0 Å². The number of ether oxygens (including phenoxy) is 1. The van der Waals surface area contributed by atoms with E-state index in [1.165, 1.54) is 17.7 Å². The van der Waals surface area contributed by atoms with E-state index in [2.05, 4.69) is 122 Å². The third-order valence-electron chi connectivity index (χ3n) is 5.21. The van der Waals surface area contributed by atoms with Gasteiger partial charge in [-0.05, 0) is 58.6 Å². The third kappa shape index (κ3) is 23.9. The van der Waals surface area contributed by atoms with Gasteiger partial charge in [0.05, 0.1) is 20.2 Å². The minimum Gasteiger partial charge on any atom is -0.497 e. The molecular formula is C38H67N3O4. The highest BCUT2D eigenvalue weighted by atomic mass is 16.5. The summed E-state index contributed by atoms with van der Waals surface area (Å²) >= 11 is 0. The molecule has 0 saturated heterocycles. The summed E-state index contributed by atoms with van der Waals surface area (Å²) in [7, 11) is 1.69. The van der Waals surface area contributed by atoms with E-state index in [1.807, 2.05) is 12.1 Å². The normalized spacial score (nSPS) is 11.5. The molecule has 0 bridgehead atoms. The minimum absolute atomic E-state index is 0.0777. The van der Waals surface area contributed by atoms with Gasteiger partial charge < -0.3 is 4.74 Å². The molecule has 0 spiro atoms. The first kappa shape index (κ1) is 44.0. The first-order valence-corrected chi connectivity index (χ1v) is 16.0. The number of aromatic nitrogens is 3. The van der Waals surface area contributed by atoms with Gasteiger partial charge in [0.25, 0.3) is 0 Å². The minimum atomic E-state index is -0.623. The maximum absolute atomic E-state index is 12.4. The van der Waals surface area contributed by atoms with E-state index in [0.29, 0.717) is 29.2 Å². The van der Waals surface area contributed by atoms with E-state index >= 15 is 0 Å². The maximum atomic E-state index is 12.4. The van der Waals surface area contributed by atoms with Gasteiger partial charge >= 0.3 is 17.1 Å². The lowest BCUT2D eigenvalue weighted by atomic mass is 9.88. The van der Waals surface area contributed by atoms with Crippen LogP contribution in [0.1, 0.15) is 115 Å². The second kappa shape index (κ2) is 19.4. The van der Waals surface area contributed by atoms with Gasteiger partial charge in [0, 0.05) is 6.54 Å². The molecule has 258 valence electrons. The van der Waals surface area contributed by atoms with Crippen molar-refractivity contribution in [2.75, 3.05) is 7.11 Å². The summed E-state index contributed by atoms with van der Waals surface area (Å²) in [6.07, 6.45) is 5.60. The molecule has 0 aliphatic rings. The Hall–Kier alpha value is -3.09. The van der Waals surface area contributed by atoms with E-state index in [-0.39, 0.29) is 18.5 Å². The number of hydrogen-bond acceptors (Lipinski definition) is 4. The van der Waals surface area contributed by atoms with Crippen molar-refractivity contribution in [1.29, 1.82) is 0 Å². The number of allylic oxidation sites excluding steroid dienone is 2. The average molecular weight is 630 g/mol. The summed E-state index contributed by atoms with van der Waals surface area (Å²) in [6.45, 7) is 38.1. The first-order valence-electron chi connectivity index (χ1n) is 16.0. The molecule has 45 heavy (non-hydrogen) atoms. The van der Waals surface area contributed by atoms with Crippen molar-refractivity contribution in [3.63, 3.8) is 0 Å². The van der Waals surface area contributed by atoms with Gasteiger partial charge in [0.1, 0.15) is 5.75 Å². The Balaban J connectivity index is 0. The Kier molecular flexibility index (Phi) is 19.0. The zero-order valence-corrected chi connectivity index (χ0v) is 31.6. The second-order valence-corrected chi connectivity index (χ2v) is 17.0. The maximum Gasteiger partial charge on any atom is 0.336 e. The van der Waals surface area contributed by atoms with Crippen molar-refractivity contribution in [2.24, 2.45) is 21.7 Å². The number of methoxy groups -OCH3 is 1. The molecular weight excluding hydrogens is 562 g/mol. The van der Waals surface area contributed by atoms with Crippen molar-refractivity contribution in [1.82, 2.24) is 13.7 Å². The zero-order valence-electron chi connectivity index (χ0n) is 31.6. The molecule has 7 nitrogen and oxygen atoms in total. The molecule has 1 heterocycles. The molecule has 0 saturated carbocycles. The molecule has 0 radical (unpaired) electrons. The lowest BCUT2D eigenvalue weighted by molar-refractivity contribution is 0.344. The Morgan fingerprint density at radius 1 is 0.622 bits per heavy atom. The van der Waals surface area contributed by atoms with Gasteiger partial charge in [0.15, 0.2) is 0 Å². The number of hydrogen-bond donors (Lipinski definition) is 0. The van der Waals surface area contributed by atoms with Crippen LogP contribution in [-0.4, -0.2) is 20.8 Å². The molecule has 0 aliphatic heterocycles.